The van der Waals surface area contributed by atoms with Crippen LogP contribution < -0.4 is 28.6 Å². The molecule has 4 aromatic rings. The van der Waals surface area contributed by atoms with Crippen molar-refractivity contribution in [2.75, 3.05) is 39.3 Å². The van der Waals surface area contributed by atoms with Gasteiger partial charge >= 0.3 is 0 Å². The number of halogens is 1. The van der Waals surface area contributed by atoms with Gasteiger partial charge in [0.15, 0.2) is 11.5 Å². The summed E-state index contributed by atoms with van der Waals surface area (Å²) in [5.74, 6) is -0.985. The van der Waals surface area contributed by atoms with E-state index in [9.17, 15) is 18.0 Å². The van der Waals surface area contributed by atoms with Gasteiger partial charge in [0.2, 0.25) is 11.8 Å². The maximum Gasteiger partial charge on any atom is 0.265 e. The number of carbonyl (C=O) groups excluding carboxylic acids is 2. The summed E-state index contributed by atoms with van der Waals surface area (Å²) in [6.07, 6.45) is 0.0739. The molecule has 13 heteroatoms. The fourth-order valence-electron chi connectivity index (χ4n) is 5.35. The Morgan fingerprint density at radius 3 is 2.04 bits per heavy atom. The molecule has 1 N–H and O–H groups in total. The van der Waals surface area contributed by atoms with Crippen LogP contribution in [0.5, 0.6) is 23.0 Å². The predicted molar refractivity (Wildman–Crippen MR) is 188 cm³/mol. The zero-order valence-electron chi connectivity index (χ0n) is 28.9. The summed E-state index contributed by atoms with van der Waals surface area (Å²) in [6, 6.07) is 22.1. The zero-order valence-corrected chi connectivity index (χ0v) is 29.7. The van der Waals surface area contributed by atoms with E-state index in [0.29, 0.717) is 11.5 Å². The van der Waals surface area contributed by atoms with Crippen molar-refractivity contribution in [3.05, 3.63) is 108 Å². The van der Waals surface area contributed by atoms with E-state index < -0.39 is 40.2 Å². The minimum Gasteiger partial charge on any atom is -0.497 e. The van der Waals surface area contributed by atoms with Crippen LogP contribution in [0.1, 0.15) is 25.0 Å². The van der Waals surface area contributed by atoms with Crippen LogP contribution in [0.2, 0.25) is 0 Å². The molecular formula is C37H42FN3O8S. The lowest BCUT2D eigenvalue weighted by molar-refractivity contribution is -0.140. The quantitative estimate of drug-likeness (QED) is 0.168. The van der Waals surface area contributed by atoms with Crippen LogP contribution in [-0.4, -0.2) is 72.2 Å². The van der Waals surface area contributed by atoms with E-state index in [1.807, 2.05) is 30.3 Å². The summed E-state index contributed by atoms with van der Waals surface area (Å²) in [6.45, 7) is 2.45. The van der Waals surface area contributed by atoms with E-state index in [-0.39, 0.29) is 46.7 Å². The van der Waals surface area contributed by atoms with E-state index in [4.69, 9.17) is 18.9 Å². The molecule has 266 valence electrons. The predicted octanol–water partition coefficient (Wildman–Crippen LogP) is 5.22. The van der Waals surface area contributed by atoms with Crippen LogP contribution in [0.25, 0.3) is 0 Å². The van der Waals surface area contributed by atoms with Gasteiger partial charge in [0, 0.05) is 36.7 Å². The Kier molecular flexibility index (Phi) is 12.7. The van der Waals surface area contributed by atoms with Gasteiger partial charge < -0.3 is 29.2 Å². The smallest absolute Gasteiger partial charge is 0.265 e. The Hall–Kier alpha value is -5.30. The second-order valence-electron chi connectivity index (χ2n) is 11.5. The highest BCUT2D eigenvalue weighted by molar-refractivity contribution is 7.92. The number of sulfonamides is 1. The van der Waals surface area contributed by atoms with Crippen molar-refractivity contribution in [3.8, 4) is 23.0 Å². The van der Waals surface area contributed by atoms with Gasteiger partial charge in [-0.25, -0.2) is 12.8 Å². The molecule has 0 radical (unpaired) electrons. The summed E-state index contributed by atoms with van der Waals surface area (Å²) in [7, 11) is 1.01. The molecule has 1 unspecified atom stereocenters. The minimum atomic E-state index is -4.56. The third-order valence-electron chi connectivity index (χ3n) is 7.88. The highest BCUT2D eigenvalue weighted by Gasteiger charge is 2.36. The lowest BCUT2D eigenvalue weighted by Gasteiger charge is -2.34. The summed E-state index contributed by atoms with van der Waals surface area (Å²) in [4.78, 5) is 29.6. The molecule has 0 spiro atoms. The molecule has 4 aromatic carbocycles. The Labute approximate surface area is 292 Å². The van der Waals surface area contributed by atoms with Gasteiger partial charge in [0.05, 0.1) is 39.0 Å². The van der Waals surface area contributed by atoms with Crippen LogP contribution in [0.15, 0.2) is 95.9 Å². The van der Waals surface area contributed by atoms with Crippen LogP contribution in [-0.2, 0) is 32.6 Å². The third-order valence-corrected chi connectivity index (χ3v) is 9.63. The Morgan fingerprint density at radius 2 is 1.42 bits per heavy atom. The fourth-order valence-corrected chi connectivity index (χ4v) is 6.79. The number of hydrogen-bond donors (Lipinski definition) is 1. The van der Waals surface area contributed by atoms with Gasteiger partial charge in [-0.15, -0.1) is 0 Å². The standard InChI is InChI=1S/C37H42FN3O8S/c1-25(2)39-37(43)32(20-26-12-8-7-9-13-26)40(23-27-14-10-11-15-30(27)38)36(42)24-41(31-21-28(46-3)16-18-33(31)47-4)50(44,45)29-17-19-34(48-5)35(22-29)49-6/h7-19,21-22,25,32H,20,23-24H2,1-6H3,(H,39,43). The molecular weight excluding hydrogens is 665 g/mol. The van der Waals surface area contributed by atoms with Crippen LogP contribution in [0, 0.1) is 5.82 Å². The van der Waals surface area contributed by atoms with E-state index in [1.165, 1.54) is 81.9 Å². The number of ether oxygens (including phenoxy) is 4. The zero-order chi connectivity index (χ0) is 36.4. The summed E-state index contributed by atoms with van der Waals surface area (Å²) >= 11 is 0. The fraction of sp³-hybridized carbons (Fsp3) is 0.297. The van der Waals surface area contributed by atoms with Crippen LogP contribution in [0.3, 0.4) is 0 Å². The lowest BCUT2D eigenvalue weighted by atomic mass is 10.0. The number of hydrogen-bond acceptors (Lipinski definition) is 8. The van der Waals surface area contributed by atoms with Gasteiger partial charge in [0.1, 0.15) is 29.9 Å². The largest absolute Gasteiger partial charge is 0.497 e. The number of nitrogens with one attached hydrogen (secondary N) is 1. The number of anilines is 1. The maximum atomic E-state index is 15.2. The highest BCUT2D eigenvalue weighted by Crippen LogP contribution is 2.38. The van der Waals surface area contributed by atoms with Crippen LogP contribution >= 0.6 is 0 Å². The highest BCUT2D eigenvalue weighted by atomic mass is 32.2. The van der Waals surface area contributed by atoms with Crippen molar-refractivity contribution in [2.24, 2.45) is 0 Å². The first-order valence-electron chi connectivity index (χ1n) is 15.8. The number of nitrogens with zero attached hydrogens (tertiary/aromatic N) is 2. The Morgan fingerprint density at radius 1 is 0.780 bits per heavy atom. The Balaban J connectivity index is 1.91. The van der Waals surface area contributed by atoms with Crippen molar-refractivity contribution in [3.63, 3.8) is 0 Å². The normalized spacial score (nSPS) is 11.8. The van der Waals surface area contributed by atoms with E-state index in [0.717, 1.165) is 9.87 Å². The summed E-state index contributed by atoms with van der Waals surface area (Å²) in [5.41, 5.74) is 0.878. The number of carbonyl (C=O) groups is 2. The molecule has 0 bridgehead atoms. The molecule has 0 aromatic heterocycles. The first kappa shape index (κ1) is 37.5. The number of methoxy groups -OCH3 is 4. The van der Waals surface area contributed by atoms with Crippen molar-refractivity contribution in [2.45, 2.75) is 43.8 Å². The third kappa shape index (κ3) is 8.83. The second kappa shape index (κ2) is 16.9. The maximum absolute atomic E-state index is 15.2. The van der Waals surface area contributed by atoms with Crippen molar-refractivity contribution in [1.29, 1.82) is 0 Å². The van der Waals surface area contributed by atoms with Crippen LogP contribution in [0.4, 0.5) is 10.1 Å². The van der Waals surface area contributed by atoms with Crippen molar-refractivity contribution >= 4 is 27.5 Å². The molecule has 0 heterocycles. The minimum absolute atomic E-state index is 0.00734. The number of rotatable bonds is 16. The molecule has 0 aliphatic carbocycles. The van der Waals surface area contributed by atoms with E-state index in [2.05, 4.69) is 5.32 Å². The molecule has 0 aliphatic heterocycles. The SMILES string of the molecule is COc1ccc(OC)c(N(CC(=O)N(Cc2ccccc2F)C(Cc2ccccc2)C(=O)NC(C)C)S(=O)(=O)c2ccc(OC)c(OC)c2)c1. The van der Waals surface area contributed by atoms with E-state index >= 15 is 4.39 Å². The topological polar surface area (TPSA) is 124 Å². The van der Waals surface area contributed by atoms with Gasteiger partial charge in [-0.2, -0.15) is 0 Å². The average Bonchev–Trinajstić information content (AvgIpc) is 3.12. The van der Waals surface area contributed by atoms with Crippen molar-refractivity contribution < 1.29 is 41.3 Å². The molecule has 0 saturated heterocycles. The molecule has 0 saturated carbocycles. The molecule has 0 aliphatic rings. The second-order valence-corrected chi connectivity index (χ2v) is 13.4. The molecule has 0 fully saturated rings. The molecule has 11 nitrogen and oxygen atoms in total. The first-order chi connectivity index (χ1) is 23.9. The lowest BCUT2D eigenvalue weighted by Crippen LogP contribution is -2.54. The Bertz CT molecular complexity index is 1890. The van der Waals surface area contributed by atoms with Gasteiger partial charge in [-0.3, -0.25) is 13.9 Å². The molecule has 2 amide bonds. The molecule has 50 heavy (non-hydrogen) atoms. The summed E-state index contributed by atoms with van der Waals surface area (Å²) < 4.78 is 66.9. The van der Waals surface area contributed by atoms with Gasteiger partial charge in [0.25, 0.3) is 10.0 Å². The van der Waals surface area contributed by atoms with E-state index in [1.54, 1.807) is 26.0 Å². The van der Waals surface area contributed by atoms with Gasteiger partial charge in [-0.1, -0.05) is 48.5 Å². The number of benzene rings is 4. The first-order valence-corrected chi connectivity index (χ1v) is 17.2. The number of amides is 2. The molecule has 4 rings (SSSR count). The van der Waals surface area contributed by atoms with Gasteiger partial charge in [-0.05, 0) is 49.7 Å². The molecule has 1 atom stereocenters. The monoisotopic (exact) mass is 707 g/mol. The van der Waals surface area contributed by atoms with Crippen molar-refractivity contribution in [1.82, 2.24) is 10.2 Å². The average molecular weight is 708 g/mol. The summed E-state index contributed by atoms with van der Waals surface area (Å²) in [5, 5.41) is 2.88.